The summed E-state index contributed by atoms with van der Waals surface area (Å²) in [5.74, 6) is 0. The molecule has 0 spiro atoms. The van der Waals surface area contributed by atoms with Crippen molar-refractivity contribution in [3.8, 4) is 0 Å². The Kier molecular flexibility index (Phi) is 6.34. The third kappa shape index (κ3) is 4.69. The molecule has 0 aliphatic carbocycles. The monoisotopic (exact) mass is 436 g/mol. The molecule has 3 atom stereocenters. The number of benzene rings is 2. The van der Waals surface area contributed by atoms with Gasteiger partial charge in [0.1, 0.15) is 11.1 Å². The van der Waals surface area contributed by atoms with Crippen LogP contribution in [0.25, 0.3) is 10.2 Å². The van der Waals surface area contributed by atoms with Crippen molar-refractivity contribution in [2.75, 3.05) is 26.7 Å². The van der Waals surface area contributed by atoms with Crippen molar-refractivity contribution in [2.24, 2.45) is 5.73 Å². The molecule has 0 saturated carbocycles. The molecular formula is C25H32N4OS. The van der Waals surface area contributed by atoms with Crippen LogP contribution in [0.1, 0.15) is 54.0 Å². The Hall–Kier alpha value is -1.83. The Morgan fingerprint density at radius 3 is 2.68 bits per heavy atom. The molecule has 164 valence electrons. The van der Waals surface area contributed by atoms with Crippen LogP contribution in [-0.2, 0) is 4.74 Å². The van der Waals surface area contributed by atoms with Crippen LogP contribution >= 0.6 is 11.3 Å². The first-order valence-corrected chi connectivity index (χ1v) is 12.3. The molecular weight excluding hydrogens is 404 g/mol. The van der Waals surface area contributed by atoms with E-state index in [1.54, 1.807) is 11.3 Å². The SMILES string of the molecule is CN1CCC(OC(c2cccc(C(N)C3CCCN3)c2)c2nc3ccccc3s2)CC1. The van der Waals surface area contributed by atoms with Gasteiger partial charge in [0, 0.05) is 25.2 Å². The molecule has 2 aliphatic heterocycles. The minimum Gasteiger partial charge on any atom is -0.363 e. The van der Waals surface area contributed by atoms with Crippen LogP contribution in [-0.4, -0.2) is 48.7 Å². The van der Waals surface area contributed by atoms with Crippen LogP contribution < -0.4 is 11.1 Å². The van der Waals surface area contributed by atoms with Crippen LogP contribution in [0.2, 0.25) is 0 Å². The number of likely N-dealkylation sites (tertiary alicyclic amines) is 1. The molecule has 31 heavy (non-hydrogen) atoms. The lowest BCUT2D eigenvalue weighted by atomic mass is 9.96. The van der Waals surface area contributed by atoms with Crippen LogP contribution in [0.3, 0.4) is 0 Å². The lowest BCUT2D eigenvalue weighted by Crippen LogP contribution is -2.35. The molecule has 0 radical (unpaired) electrons. The molecule has 5 rings (SSSR count). The van der Waals surface area contributed by atoms with Crippen LogP contribution in [0.15, 0.2) is 48.5 Å². The predicted molar refractivity (Wildman–Crippen MR) is 127 cm³/mol. The molecule has 2 aromatic carbocycles. The average Bonchev–Trinajstić information content (AvgIpc) is 3.48. The summed E-state index contributed by atoms with van der Waals surface area (Å²) in [6.45, 7) is 3.22. The van der Waals surface area contributed by atoms with Gasteiger partial charge in [0.05, 0.1) is 16.3 Å². The van der Waals surface area contributed by atoms with Gasteiger partial charge in [-0.15, -0.1) is 11.3 Å². The highest BCUT2D eigenvalue weighted by Crippen LogP contribution is 2.36. The van der Waals surface area contributed by atoms with E-state index < -0.39 is 0 Å². The number of thiazole rings is 1. The molecule has 0 amide bonds. The number of nitrogens with one attached hydrogen (secondary N) is 1. The van der Waals surface area contributed by atoms with E-state index in [0.29, 0.717) is 6.04 Å². The van der Waals surface area contributed by atoms with Crippen molar-refractivity contribution in [3.63, 3.8) is 0 Å². The lowest BCUT2D eigenvalue weighted by Gasteiger charge is -2.31. The number of para-hydroxylation sites is 1. The summed E-state index contributed by atoms with van der Waals surface area (Å²) in [7, 11) is 2.18. The van der Waals surface area contributed by atoms with Crippen LogP contribution in [0, 0.1) is 0 Å². The first-order valence-electron chi connectivity index (χ1n) is 11.5. The molecule has 2 fully saturated rings. The van der Waals surface area contributed by atoms with E-state index in [0.717, 1.165) is 55.0 Å². The number of fused-ring (bicyclic) bond motifs is 1. The fraction of sp³-hybridized carbons (Fsp3) is 0.480. The summed E-state index contributed by atoms with van der Waals surface area (Å²) in [6, 6.07) is 17.4. The van der Waals surface area contributed by atoms with Gasteiger partial charge in [-0.05, 0) is 62.5 Å². The van der Waals surface area contributed by atoms with Gasteiger partial charge in [0.25, 0.3) is 0 Å². The normalized spacial score (nSPS) is 22.7. The van der Waals surface area contributed by atoms with Crippen molar-refractivity contribution in [3.05, 3.63) is 64.7 Å². The van der Waals surface area contributed by atoms with Crippen molar-refractivity contribution in [1.82, 2.24) is 15.2 Å². The van der Waals surface area contributed by atoms with E-state index in [1.807, 2.05) is 6.07 Å². The highest BCUT2D eigenvalue weighted by atomic mass is 32.1. The molecule has 3 aromatic rings. The minimum atomic E-state index is -0.158. The largest absolute Gasteiger partial charge is 0.363 e. The Labute approximate surface area is 188 Å². The third-order valence-electron chi connectivity index (χ3n) is 6.66. The Balaban J connectivity index is 1.46. The summed E-state index contributed by atoms with van der Waals surface area (Å²) in [5.41, 5.74) is 10.0. The zero-order valence-electron chi connectivity index (χ0n) is 18.2. The Morgan fingerprint density at radius 1 is 1.10 bits per heavy atom. The molecule has 6 heteroatoms. The summed E-state index contributed by atoms with van der Waals surface area (Å²) in [6.07, 6.45) is 4.55. The topological polar surface area (TPSA) is 63.4 Å². The maximum Gasteiger partial charge on any atom is 0.134 e. The zero-order chi connectivity index (χ0) is 21.2. The van der Waals surface area contributed by atoms with Gasteiger partial charge in [-0.2, -0.15) is 0 Å². The summed E-state index contributed by atoms with van der Waals surface area (Å²) in [5, 5.41) is 4.58. The van der Waals surface area contributed by atoms with E-state index in [-0.39, 0.29) is 18.2 Å². The summed E-state index contributed by atoms with van der Waals surface area (Å²) >= 11 is 1.74. The Bertz CT molecular complexity index is 974. The van der Waals surface area contributed by atoms with Gasteiger partial charge >= 0.3 is 0 Å². The van der Waals surface area contributed by atoms with Gasteiger partial charge in [-0.3, -0.25) is 0 Å². The van der Waals surface area contributed by atoms with Crippen LogP contribution in [0.5, 0.6) is 0 Å². The van der Waals surface area contributed by atoms with Gasteiger partial charge in [0.2, 0.25) is 0 Å². The second-order valence-electron chi connectivity index (χ2n) is 8.94. The van der Waals surface area contributed by atoms with E-state index in [1.165, 1.54) is 16.7 Å². The van der Waals surface area contributed by atoms with E-state index in [2.05, 4.69) is 59.7 Å². The quantitative estimate of drug-likeness (QED) is 0.605. The second kappa shape index (κ2) is 9.35. The highest BCUT2D eigenvalue weighted by molar-refractivity contribution is 7.18. The maximum atomic E-state index is 6.77. The molecule has 2 aliphatic rings. The number of aromatic nitrogens is 1. The first kappa shape index (κ1) is 21.0. The van der Waals surface area contributed by atoms with E-state index >= 15 is 0 Å². The van der Waals surface area contributed by atoms with E-state index in [4.69, 9.17) is 15.5 Å². The Morgan fingerprint density at radius 2 is 1.90 bits per heavy atom. The smallest absolute Gasteiger partial charge is 0.134 e. The molecule has 1 aromatic heterocycles. The number of ether oxygens (including phenoxy) is 1. The molecule has 5 nitrogen and oxygen atoms in total. The fourth-order valence-corrected chi connectivity index (χ4v) is 5.81. The third-order valence-corrected chi connectivity index (χ3v) is 7.74. The fourth-order valence-electron chi connectivity index (χ4n) is 4.77. The number of hydrogen-bond acceptors (Lipinski definition) is 6. The van der Waals surface area contributed by atoms with Crippen molar-refractivity contribution < 1.29 is 4.74 Å². The van der Waals surface area contributed by atoms with E-state index in [9.17, 15) is 0 Å². The second-order valence-corrected chi connectivity index (χ2v) is 10.00. The predicted octanol–water partition coefficient (Wildman–Crippen LogP) is 4.25. The van der Waals surface area contributed by atoms with Gasteiger partial charge in [0.15, 0.2) is 0 Å². The number of piperidine rings is 1. The average molecular weight is 437 g/mol. The van der Waals surface area contributed by atoms with Gasteiger partial charge in [-0.25, -0.2) is 4.98 Å². The molecule has 3 N–H and O–H groups in total. The van der Waals surface area contributed by atoms with Gasteiger partial charge in [-0.1, -0.05) is 36.4 Å². The number of rotatable bonds is 6. The standard InChI is InChI=1S/C25H32N4OS/c1-29-14-11-19(12-15-29)30-24(25-28-20-8-2-3-10-22(20)31-25)18-7-4-6-17(16-18)23(26)21-9-5-13-27-21/h2-4,6-8,10,16,19,21,23-24,27H,5,9,11-15,26H2,1H3. The minimum absolute atomic E-state index is 0.00166. The number of nitrogens with two attached hydrogens (primary N) is 1. The summed E-state index contributed by atoms with van der Waals surface area (Å²) < 4.78 is 7.97. The molecule has 3 unspecified atom stereocenters. The lowest BCUT2D eigenvalue weighted by molar-refractivity contribution is -0.0234. The number of hydrogen-bond donors (Lipinski definition) is 2. The maximum absolute atomic E-state index is 6.77. The van der Waals surface area contributed by atoms with Gasteiger partial charge < -0.3 is 20.7 Å². The van der Waals surface area contributed by atoms with Crippen molar-refractivity contribution in [1.29, 1.82) is 0 Å². The summed E-state index contributed by atoms with van der Waals surface area (Å²) in [4.78, 5) is 7.34. The molecule has 3 heterocycles. The molecule has 0 bridgehead atoms. The first-order chi connectivity index (χ1) is 15.2. The molecule has 2 saturated heterocycles. The van der Waals surface area contributed by atoms with Crippen LogP contribution in [0.4, 0.5) is 0 Å². The van der Waals surface area contributed by atoms with Crippen molar-refractivity contribution >= 4 is 21.6 Å². The zero-order valence-corrected chi connectivity index (χ0v) is 19.0. The van der Waals surface area contributed by atoms with Crippen molar-refractivity contribution in [2.45, 2.75) is 50.0 Å². The highest BCUT2D eigenvalue weighted by Gasteiger charge is 2.28. The number of nitrogens with zero attached hydrogens (tertiary/aromatic N) is 2.